The fourth-order valence-electron chi connectivity index (χ4n) is 3.83. The van der Waals surface area contributed by atoms with Crippen molar-refractivity contribution in [2.75, 3.05) is 13.1 Å². The van der Waals surface area contributed by atoms with Gasteiger partial charge in [0.25, 0.3) is 5.91 Å². The molecular weight excluding hydrogens is 326 g/mol. The average Bonchev–Trinajstić information content (AvgIpc) is 3.04. The van der Waals surface area contributed by atoms with Crippen LogP contribution in [0.4, 0.5) is 0 Å². The van der Waals surface area contributed by atoms with Crippen LogP contribution < -0.4 is 0 Å². The van der Waals surface area contributed by atoms with E-state index in [1.54, 1.807) is 11.8 Å². The number of fused-ring (bicyclic) bond motifs is 1. The Hall–Kier alpha value is -1.64. The number of aromatic nitrogens is 4. The van der Waals surface area contributed by atoms with Gasteiger partial charge in [-0.15, -0.1) is 16.9 Å². The lowest BCUT2D eigenvalue weighted by Crippen LogP contribution is -2.60. The Kier molecular flexibility index (Phi) is 3.98. The number of nitrogens with zero attached hydrogens (tertiary/aromatic N) is 6. The SMILES string of the molecule is CC1(C)S[C@@H]2C(/N=C/N3CCCCCC3)C(=O)N2C1c1nnn[nH]1. The number of rotatable bonds is 3. The summed E-state index contributed by atoms with van der Waals surface area (Å²) in [6.45, 7) is 6.35. The van der Waals surface area contributed by atoms with E-state index in [-0.39, 0.29) is 28.1 Å². The second-order valence-corrected chi connectivity index (χ2v) is 8.98. The third-order valence-electron chi connectivity index (χ3n) is 5.06. The molecule has 3 aliphatic heterocycles. The molecule has 1 N–H and O–H groups in total. The molecule has 4 heterocycles. The van der Waals surface area contributed by atoms with Gasteiger partial charge in [0.05, 0.1) is 6.34 Å². The van der Waals surface area contributed by atoms with Gasteiger partial charge in [-0.25, -0.2) is 5.10 Å². The first-order chi connectivity index (χ1) is 11.6. The highest BCUT2D eigenvalue weighted by Gasteiger charge is 2.62. The average molecular weight is 349 g/mol. The molecule has 4 rings (SSSR count). The van der Waals surface area contributed by atoms with E-state index >= 15 is 0 Å². The molecule has 3 atom stereocenters. The first-order valence-electron chi connectivity index (χ1n) is 8.59. The first kappa shape index (κ1) is 15.9. The minimum Gasteiger partial charge on any atom is -0.363 e. The van der Waals surface area contributed by atoms with Gasteiger partial charge in [-0.2, -0.15) is 0 Å². The number of carbonyl (C=O) groups is 1. The third-order valence-corrected chi connectivity index (χ3v) is 6.62. The van der Waals surface area contributed by atoms with Gasteiger partial charge in [0.2, 0.25) is 0 Å². The lowest BCUT2D eigenvalue weighted by molar-refractivity contribution is -0.147. The van der Waals surface area contributed by atoms with Crippen LogP contribution in [0.2, 0.25) is 0 Å². The molecule has 3 fully saturated rings. The zero-order valence-corrected chi connectivity index (χ0v) is 14.9. The molecule has 24 heavy (non-hydrogen) atoms. The number of nitrogens with one attached hydrogen (secondary N) is 1. The first-order valence-corrected chi connectivity index (χ1v) is 9.47. The predicted molar refractivity (Wildman–Crippen MR) is 91.5 cm³/mol. The number of likely N-dealkylation sites (tertiary alicyclic amines) is 1. The molecule has 1 aromatic rings. The Morgan fingerprint density at radius 1 is 1.29 bits per heavy atom. The van der Waals surface area contributed by atoms with Crippen LogP contribution in [0.25, 0.3) is 0 Å². The van der Waals surface area contributed by atoms with Crippen molar-refractivity contribution in [1.82, 2.24) is 30.4 Å². The molecule has 3 aliphatic rings. The Balaban J connectivity index is 1.48. The number of hydrogen-bond donors (Lipinski definition) is 1. The molecule has 0 radical (unpaired) electrons. The minimum absolute atomic E-state index is 0.0746. The summed E-state index contributed by atoms with van der Waals surface area (Å²) in [4.78, 5) is 21.4. The van der Waals surface area contributed by atoms with Crippen molar-refractivity contribution in [3.63, 3.8) is 0 Å². The summed E-state index contributed by atoms with van der Waals surface area (Å²) in [7, 11) is 0. The zero-order chi connectivity index (χ0) is 16.7. The standard InChI is InChI=1S/C15H23N7OS/c1-15(2)11(12-17-19-20-18-12)22-13(23)10(14(22)24-15)16-9-21-7-5-3-4-6-8-21/h9-11,14H,3-8H2,1-2H3,(H,17,18,19,20)/b16-9+/t10?,11?,14-/m1/s1. The summed E-state index contributed by atoms with van der Waals surface area (Å²) in [6, 6.07) is -0.405. The van der Waals surface area contributed by atoms with Crippen molar-refractivity contribution in [3.8, 4) is 0 Å². The number of aromatic amines is 1. The van der Waals surface area contributed by atoms with Crippen LogP contribution in [0, 0.1) is 0 Å². The van der Waals surface area contributed by atoms with Gasteiger partial charge in [0.15, 0.2) is 11.9 Å². The highest BCUT2D eigenvalue weighted by Crippen LogP contribution is 2.57. The van der Waals surface area contributed by atoms with Crippen LogP contribution in [0.5, 0.6) is 0 Å². The number of H-pyrrole nitrogens is 1. The van der Waals surface area contributed by atoms with Crippen molar-refractivity contribution in [1.29, 1.82) is 0 Å². The van der Waals surface area contributed by atoms with E-state index in [1.807, 2.05) is 11.2 Å². The molecule has 1 amide bonds. The largest absolute Gasteiger partial charge is 0.363 e. The highest BCUT2D eigenvalue weighted by atomic mass is 32.2. The second kappa shape index (κ2) is 6.02. The molecular formula is C15H23N7OS. The van der Waals surface area contributed by atoms with Crippen LogP contribution >= 0.6 is 11.8 Å². The van der Waals surface area contributed by atoms with Gasteiger partial charge in [-0.05, 0) is 37.1 Å². The number of thioether (sulfide) groups is 1. The molecule has 3 saturated heterocycles. The monoisotopic (exact) mass is 349 g/mol. The smallest absolute Gasteiger partial charge is 0.252 e. The Labute approximate surface area is 145 Å². The minimum atomic E-state index is -0.279. The second-order valence-electron chi connectivity index (χ2n) is 7.21. The molecule has 9 heteroatoms. The van der Waals surface area contributed by atoms with Gasteiger partial charge in [-0.1, -0.05) is 12.8 Å². The van der Waals surface area contributed by atoms with Crippen molar-refractivity contribution < 1.29 is 4.79 Å². The Bertz CT molecular complexity index is 624. The van der Waals surface area contributed by atoms with E-state index < -0.39 is 0 Å². The molecule has 0 aromatic carbocycles. The molecule has 0 aliphatic carbocycles. The Morgan fingerprint density at radius 3 is 2.71 bits per heavy atom. The van der Waals surface area contributed by atoms with Crippen LogP contribution in [0.15, 0.2) is 4.99 Å². The van der Waals surface area contributed by atoms with Gasteiger partial charge in [0.1, 0.15) is 11.4 Å². The molecule has 0 bridgehead atoms. The topological polar surface area (TPSA) is 90.4 Å². The lowest BCUT2D eigenvalue weighted by Gasteiger charge is -2.42. The summed E-state index contributed by atoms with van der Waals surface area (Å²) < 4.78 is -0.144. The molecule has 130 valence electrons. The van der Waals surface area contributed by atoms with Crippen molar-refractivity contribution in [2.45, 2.75) is 61.7 Å². The van der Waals surface area contributed by atoms with Crippen LogP contribution in [-0.4, -0.2) is 71.9 Å². The summed E-state index contributed by atoms with van der Waals surface area (Å²) >= 11 is 1.78. The van der Waals surface area contributed by atoms with Gasteiger partial charge in [-0.3, -0.25) is 9.79 Å². The molecule has 0 saturated carbocycles. The summed E-state index contributed by atoms with van der Waals surface area (Å²) in [6.07, 6.45) is 6.91. The molecule has 2 unspecified atom stereocenters. The molecule has 8 nitrogen and oxygen atoms in total. The lowest BCUT2D eigenvalue weighted by atomic mass is 9.96. The maximum Gasteiger partial charge on any atom is 0.252 e. The van der Waals surface area contributed by atoms with Crippen LogP contribution in [0.1, 0.15) is 51.4 Å². The highest BCUT2D eigenvalue weighted by molar-refractivity contribution is 8.01. The van der Waals surface area contributed by atoms with Crippen molar-refractivity contribution in [2.24, 2.45) is 4.99 Å². The summed E-state index contributed by atoms with van der Waals surface area (Å²) in [5.74, 6) is 0.726. The fraction of sp³-hybridized carbons (Fsp3) is 0.800. The summed E-state index contributed by atoms with van der Waals surface area (Å²) in [5.41, 5.74) is 0. The van der Waals surface area contributed by atoms with E-state index in [2.05, 4.69) is 44.4 Å². The maximum atomic E-state index is 12.7. The van der Waals surface area contributed by atoms with Crippen molar-refractivity contribution >= 4 is 24.0 Å². The fourth-order valence-corrected chi connectivity index (χ4v) is 5.46. The third kappa shape index (κ3) is 2.58. The van der Waals surface area contributed by atoms with Crippen LogP contribution in [0.3, 0.4) is 0 Å². The number of carbonyl (C=O) groups excluding carboxylic acids is 1. The number of aliphatic imine (C=N–C) groups is 1. The molecule has 0 spiro atoms. The predicted octanol–water partition coefficient (Wildman–Crippen LogP) is 1.21. The zero-order valence-electron chi connectivity index (χ0n) is 14.1. The van der Waals surface area contributed by atoms with E-state index in [4.69, 9.17) is 0 Å². The van der Waals surface area contributed by atoms with E-state index in [0.717, 1.165) is 13.1 Å². The molecule has 1 aromatic heterocycles. The quantitative estimate of drug-likeness (QED) is 0.501. The van der Waals surface area contributed by atoms with E-state index in [0.29, 0.717) is 5.82 Å². The normalized spacial score (nSPS) is 32.8. The van der Waals surface area contributed by atoms with E-state index in [1.165, 1.54) is 25.7 Å². The number of hydrogen-bond acceptors (Lipinski definition) is 6. The van der Waals surface area contributed by atoms with Gasteiger partial charge in [0, 0.05) is 17.8 Å². The maximum absolute atomic E-state index is 12.7. The number of tetrazole rings is 1. The number of β-lactam (4-membered cyclic amide) rings is 1. The van der Waals surface area contributed by atoms with Crippen molar-refractivity contribution in [3.05, 3.63) is 5.82 Å². The van der Waals surface area contributed by atoms with Gasteiger partial charge < -0.3 is 9.80 Å². The Morgan fingerprint density at radius 2 is 2.04 bits per heavy atom. The van der Waals surface area contributed by atoms with E-state index in [9.17, 15) is 4.79 Å². The summed E-state index contributed by atoms with van der Waals surface area (Å²) in [5, 5.41) is 14.2. The van der Waals surface area contributed by atoms with Crippen LogP contribution in [-0.2, 0) is 4.79 Å². The van der Waals surface area contributed by atoms with Gasteiger partial charge >= 0.3 is 0 Å². The number of amides is 1.